The number of fused-ring (bicyclic) bond motifs is 1. The van der Waals surface area contributed by atoms with Gasteiger partial charge in [-0.1, -0.05) is 18.9 Å². The summed E-state index contributed by atoms with van der Waals surface area (Å²) >= 11 is 0. The normalized spacial score (nSPS) is 25.4. The molecule has 5 rings (SSSR count). The Hall–Kier alpha value is -3.07. The van der Waals surface area contributed by atoms with Crippen LogP contribution in [0, 0.1) is 17.7 Å². The molecule has 0 spiro atoms. The molecule has 174 valence electrons. The number of carbonyl (C=O) groups excluding carboxylic acids is 2. The summed E-state index contributed by atoms with van der Waals surface area (Å²) in [4.78, 5) is 37.3. The lowest BCUT2D eigenvalue weighted by Crippen LogP contribution is -2.60. The number of benzene rings is 1. The number of piperazine rings is 1. The molecule has 2 saturated heterocycles. The van der Waals surface area contributed by atoms with Crippen LogP contribution in [-0.4, -0.2) is 58.9 Å². The van der Waals surface area contributed by atoms with Gasteiger partial charge in [-0.15, -0.1) is 0 Å². The predicted octanol–water partition coefficient (Wildman–Crippen LogP) is 1.93. The molecule has 3 unspecified atom stereocenters. The average molecular weight is 453 g/mol. The van der Waals surface area contributed by atoms with Crippen LogP contribution in [0.4, 0.5) is 10.1 Å². The molecule has 8 nitrogen and oxygen atoms in total. The topological polar surface area (TPSA) is 90.5 Å². The number of hydrazine groups is 1. The van der Waals surface area contributed by atoms with Crippen LogP contribution in [0.5, 0.6) is 0 Å². The first-order valence-corrected chi connectivity index (χ1v) is 11.7. The summed E-state index contributed by atoms with van der Waals surface area (Å²) in [5.74, 6) is -0.390. The Morgan fingerprint density at radius 2 is 1.85 bits per heavy atom. The summed E-state index contributed by atoms with van der Waals surface area (Å²) in [6.07, 6.45) is 9.79. The van der Waals surface area contributed by atoms with Crippen LogP contribution >= 0.6 is 0 Å². The van der Waals surface area contributed by atoms with Crippen LogP contribution in [0.3, 0.4) is 0 Å². The van der Waals surface area contributed by atoms with E-state index >= 15 is 0 Å². The Balaban J connectivity index is 1.26. The number of hydrogen-bond donors (Lipinski definition) is 2. The molecule has 2 amide bonds. The summed E-state index contributed by atoms with van der Waals surface area (Å²) in [6.45, 7) is 2.32. The third-order valence-electron chi connectivity index (χ3n) is 7.25. The van der Waals surface area contributed by atoms with Crippen molar-refractivity contribution in [3.8, 4) is 0 Å². The maximum Gasteiger partial charge on any atom is 0.256 e. The second-order valence-electron chi connectivity index (χ2n) is 9.19. The van der Waals surface area contributed by atoms with E-state index < -0.39 is 5.82 Å². The fraction of sp³-hybridized carbons (Fsp3) is 0.500. The Labute approximate surface area is 192 Å². The predicted molar refractivity (Wildman–Crippen MR) is 121 cm³/mol. The standard InChI is InChI=1S/C24H29FN6O2/c25-21-6-5-16(12-22-18-3-1-2-4-19(18)23(32)29-28-22)11-20(21)24(33)31-9-7-30(8-10-31)17-13-26-15-27-14-17/h5-6,11,13-15,18-19,22,28H,1-4,7-10,12H2,(H,29,32). The van der Waals surface area contributed by atoms with Gasteiger partial charge in [-0.3, -0.25) is 15.0 Å². The van der Waals surface area contributed by atoms with Crippen molar-refractivity contribution in [1.29, 1.82) is 0 Å². The van der Waals surface area contributed by atoms with E-state index in [-0.39, 0.29) is 35.3 Å². The summed E-state index contributed by atoms with van der Waals surface area (Å²) in [6, 6.07) is 4.90. The monoisotopic (exact) mass is 452 g/mol. The van der Waals surface area contributed by atoms with Gasteiger partial charge in [0.05, 0.1) is 23.6 Å². The van der Waals surface area contributed by atoms with Gasteiger partial charge in [-0.25, -0.2) is 19.8 Å². The minimum atomic E-state index is -0.497. The molecule has 33 heavy (non-hydrogen) atoms. The zero-order chi connectivity index (χ0) is 22.8. The van der Waals surface area contributed by atoms with E-state index in [9.17, 15) is 14.0 Å². The van der Waals surface area contributed by atoms with Crippen molar-refractivity contribution in [3.63, 3.8) is 0 Å². The minimum absolute atomic E-state index is 0.0397. The van der Waals surface area contributed by atoms with E-state index in [0.29, 0.717) is 32.6 Å². The van der Waals surface area contributed by atoms with Crippen LogP contribution < -0.4 is 15.8 Å². The van der Waals surface area contributed by atoms with E-state index in [4.69, 9.17) is 0 Å². The highest BCUT2D eigenvalue weighted by Crippen LogP contribution is 2.35. The molecule has 3 atom stereocenters. The third kappa shape index (κ3) is 4.55. The van der Waals surface area contributed by atoms with Crippen molar-refractivity contribution in [2.75, 3.05) is 31.1 Å². The van der Waals surface area contributed by atoms with E-state index in [2.05, 4.69) is 25.7 Å². The molecule has 3 aliphatic rings. The van der Waals surface area contributed by atoms with Gasteiger partial charge in [0.25, 0.3) is 5.91 Å². The molecular formula is C24H29FN6O2. The molecule has 1 aromatic heterocycles. The first-order valence-electron chi connectivity index (χ1n) is 11.7. The van der Waals surface area contributed by atoms with Gasteiger partial charge < -0.3 is 9.80 Å². The van der Waals surface area contributed by atoms with E-state index in [1.807, 2.05) is 0 Å². The molecule has 2 aromatic rings. The SMILES string of the molecule is O=C1NNC(Cc2ccc(F)c(C(=O)N3CCN(c4cncnc4)CC3)c2)C2CCCCC12. The second-order valence-corrected chi connectivity index (χ2v) is 9.19. The lowest BCUT2D eigenvalue weighted by Gasteiger charge is -2.41. The molecule has 0 bridgehead atoms. The lowest BCUT2D eigenvalue weighted by atomic mass is 9.72. The number of anilines is 1. The molecule has 3 heterocycles. The number of amides is 2. The Morgan fingerprint density at radius 1 is 1.09 bits per heavy atom. The number of carbonyl (C=O) groups is 2. The lowest BCUT2D eigenvalue weighted by molar-refractivity contribution is -0.133. The smallest absolute Gasteiger partial charge is 0.256 e. The van der Waals surface area contributed by atoms with E-state index in [0.717, 1.165) is 36.9 Å². The molecule has 2 N–H and O–H groups in total. The number of halogens is 1. The van der Waals surface area contributed by atoms with Gasteiger partial charge in [0.15, 0.2) is 0 Å². The molecule has 1 aromatic carbocycles. The van der Waals surface area contributed by atoms with Crippen molar-refractivity contribution >= 4 is 17.5 Å². The van der Waals surface area contributed by atoms with Gasteiger partial charge >= 0.3 is 0 Å². The largest absolute Gasteiger partial charge is 0.365 e. The van der Waals surface area contributed by atoms with Crippen LogP contribution in [0.2, 0.25) is 0 Å². The van der Waals surface area contributed by atoms with Gasteiger partial charge in [0, 0.05) is 38.1 Å². The Bertz CT molecular complexity index is 1010. The van der Waals surface area contributed by atoms with Gasteiger partial charge in [-0.2, -0.15) is 0 Å². The average Bonchev–Trinajstić information content (AvgIpc) is 2.87. The number of aromatic nitrogens is 2. The van der Waals surface area contributed by atoms with Gasteiger partial charge in [-0.05, 0) is 42.9 Å². The molecule has 1 aliphatic carbocycles. The first-order chi connectivity index (χ1) is 16.1. The molecular weight excluding hydrogens is 423 g/mol. The van der Waals surface area contributed by atoms with E-state index in [1.54, 1.807) is 29.4 Å². The highest BCUT2D eigenvalue weighted by molar-refractivity contribution is 5.95. The molecule has 1 saturated carbocycles. The van der Waals surface area contributed by atoms with Crippen molar-refractivity contribution < 1.29 is 14.0 Å². The van der Waals surface area contributed by atoms with Crippen LogP contribution in [0.25, 0.3) is 0 Å². The highest BCUT2D eigenvalue weighted by atomic mass is 19.1. The molecule has 0 radical (unpaired) electrons. The summed E-state index contributed by atoms with van der Waals surface area (Å²) in [5.41, 5.74) is 7.91. The van der Waals surface area contributed by atoms with Gasteiger partial charge in [0.2, 0.25) is 5.91 Å². The quantitative estimate of drug-likeness (QED) is 0.737. The second kappa shape index (κ2) is 9.43. The Kier molecular flexibility index (Phi) is 6.22. The van der Waals surface area contributed by atoms with E-state index in [1.165, 1.54) is 12.4 Å². The maximum atomic E-state index is 14.7. The summed E-state index contributed by atoms with van der Waals surface area (Å²) in [7, 11) is 0. The molecule has 3 fully saturated rings. The number of hydrogen-bond acceptors (Lipinski definition) is 6. The Morgan fingerprint density at radius 3 is 2.64 bits per heavy atom. The summed E-state index contributed by atoms with van der Waals surface area (Å²) in [5, 5.41) is 0. The van der Waals surface area contributed by atoms with Gasteiger partial charge in [0.1, 0.15) is 12.1 Å². The number of nitrogens with one attached hydrogen (secondary N) is 2. The van der Waals surface area contributed by atoms with Crippen molar-refractivity contribution in [2.45, 2.75) is 38.1 Å². The fourth-order valence-corrected chi connectivity index (χ4v) is 5.44. The van der Waals surface area contributed by atoms with Crippen molar-refractivity contribution in [1.82, 2.24) is 25.7 Å². The summed E-state index contributed by atoms with van der Waals surface area (Å²) < 4.78 is 14.7. The molecule has 2 aliphatic heterocycles. The minimum Gasteiger partial charge on any atom is -0.365 e. The zero-order valence-electron chi connectivity index (χ0n) is 18.5. The maximum absolute atomic E-state index is 14.7. The van der Waals surface area contributed by atoms with Crippen LogP contribution in [0.15, 0.2) is 36.9 Å². The highest BCUT2D eigenvalue weighted by Gasteiger charge is 2.39. The van der Waals surface area contributed by atoms with Crippen molar-refractivity contribution in [3.05, 3.63) is 53.9 Å². The number of nitrogens with zero attached hydrogens (tertiary/aromatic N) is 4. The molecule has 9 heteroatoms. The zero-order valence-corrected chi connectivity index (χ0v) is 18.5. The number of rotatable bonds is 4. The third-order valence-corrected chi connectivity index (χ3v) is 7.25. The first kappa shape index (κ1) is 21.8. The fourth-order valence-electron chi connectivity index (χ4n) is 5.44. The van der Waals surface area contributed by atoms with Crippen molar-refractivity contribution in [2.24, 2.45) is 11.8 Å². The van der Waals surface area contributed by atoms with Crippen LogP contribution in [0.1, 0.15) is 41.6 Å². The van der Waals surface area contributed by atoms with Crippen LogP contribution in [-0.2, 0) is 11.2 Å².